The summed E-state index contributed by atoms with van der Waals surface area (Å²) in [7, 11) is 0. The molecule has 2 aromatic rings. The molecule has 0 radical (unpaired) electrons. The van der Waals surface area contributed by atoms with Crippen LogP contribution in [0.5, 0.6) is 0 Å². The fraction of sp³-hybridized carbons (Fsp3) is 0.304. The van der Waals surface area contributed by atoms with Gasteiger partial charge in [-0.2, -0.15) is 0 Å². The third-order valence-electron chi connectivity index (χ3n) is 5.72. The lowest BCUT2D eigenvalue weighted by Crippen LogP contribution is -2.45. The molecule has 3 amide bonds. The second-order valence-corrected chi connectivity index (χ2v) is 7.75. The number of nitrogens with one attached hydrogen (secondary N) is 1. The summed E-state index contributed by atoms with van der Waals surface area (Å²) in [5, 5.41) is 2.86. The van der Waals surface area contributed by atoms with E-state index in [0.717, 1.165) is 11.1 Å². The van der Waals surface area contributed by atoms with Crippen LogP contribution in [-0.2, 0) is 9.59 Å². The Hall–Kier alpha value is -3.48. The first-order valence-corrected chi connectivity index (χ1v) is 10.1. The van der Waals surface area contributed by atoms with Crippen LogP contribution in [0.4, 0.5) is 5.82 Å². The topological polar surface area (TPSA) is 82.6 Å². The van der Waals surface area contributed by atoms with Crippen LogP contribution in [0, 0.1) is 12.8 Å². The Morgan fingerprint density at radius 3 is 2.53 bits per heavy atom. The molecule has 7 heteroatoms. The van der Waals surface area contributed by atoms with E-state index in [1.165, 1.54) is 4.90 Å². The van der Waals surface area contributed by atoms with Crippen molar-refractivity contribution >= 4 is 29.2 Å². The van der Waals surface area contributed by atoms with Crippen molar-refractivity contribution in [2.75, 3.05) is 25.0 Å². The summed E-state index contributed by atoms with van der Waals surface area (Å²) in [4.78, 5) is 45.2. The van der Waals surface area contributed by atoms with Crippen LogP contribution in [-0.4, -0.2) is 52.1 Å². The van der Waals surface area contributed by atoms with Gasteiger partial charge in [-0.15, -0.1) is 0 Å². The molecule has 0 unspecified atom stereocenters. The molecule has 0 aliphatic carbocycles. The van der Waals surface area contributed by atoms with Crippen LogP contribution >= 0.6 is 0 Å². The van der Waals surface area contributed by atoms with Gasteiger partial charge in [0.25, 0.3) is 5.91 Å². The highest BCUT2D eigenvalue weighted by atomic mass is 16.2. The minimum atomic E-state index is -0.191. The Balaban J connectivity index is 1.31. The molecule has 4 rings (SSSR count). The van der Waals surface area contributed by atoms with Gasteiger partial charge in [0.05, 0.1) is 0 Å². The van der Waals surface area contributed by atoms with E-state index in [1.807, 2.05) is 31.2 Å². The molecular formula is C23H24N4O3. The maximum Gasteiger partial charge on any atom is 0.259 e. The molecule has 1 saturated heterocycles. The predicted octanol–water partition coefficient (Wildman–Crippen LogP) is 2.69. The largest absolute Gasteiger partial charge is 0.341 e. The smallest absolute Gasteiger partial charge is 0.259 e. The number of fused-ring (bicyclic) bond motifs is 1. The lowest BCUT2D eigenvalue weighted by atomic mass is 9.96. The number of amides is 3. The predicted molar refractivity (Wildman–Crippen MR) is 113 cm³/mol. The van der Waals surface area contributed by atoms with Crippen molar-refractivity contribution in [2.24, 2.45) is 5.92 Å². The number of nitrogens with zero attached hydrogens (tertiary/aromatic N) is 3. The molecule has 30 heavy (non-hydrogen) atoms. The molecule has 1 fully saturated rings. The van der Waals surface area contributed by atoms with E-state index in [0.29, 0.717) is 43.0 Å². The number of hydrogen-bond donors (Lipinski definition) is 1. The zero-order valence-electron chi connectivity index (χ0n) is 16.9. The maximum absolute atomic E-state index is 12.8. The minimum Gasteiger partial charge on any atom is -0.341 e. The SMILES string of the molecule is C=C1c2ccccc2C(=O)N1CC(=O)N1CCC(C(=O)Nc2cc(C)ccn2)CC1. The number of aromatic nitrogens is 1. The molecule has 3 heterocycles. The van der Waals surface area contributed by atoms with Gasteiger partial charge in [-0.05, 0) is 43.5 Å². The first-order valence-electron chi connectivity index (χ1n) is 10.1. The number of hydrogen-bond acceptors (Lipinski definition) is 4. The number of likely N-dealkylation sites (tertiary alicyclic amines) is 1. The fourth-order valence-electron chi connectivity index (χ4n) is 3.96. The van der Waals surface area contributed by atoms with Crippen molar-refractivity contribution in [3.63, 3.8) is 0 Å². The van der Waals surface area contributed by atoms with E-state index in [2.05, 4.69) is 16.9 Å². The van der Waals surface area contributed by atoms with Crippen molar-refractivity contribution in [3.8, 4) is 0 Å². The van der Waals surface area contributed by atoms with Crippen molar-refractivity contribution < 1.29 is 14.4 Å². The molecule has 1 aromatic carbocycles. The van der Waals surface area contributed by atoms with Crippen molar-refractivity contribution in [1.29, 1.82) is 0 Å². The van der Waals surface area contributed by atoms with E-state index in [1.54, 1.807) is 23.2 Å². The van der Waals surface area contributed by atoms with Crippen molar-refractivity contribution in [3.05, 3.63) is 65.9 Å². The first-order chi connectivity index (χ1) is 14.4. The second-order valence-electron chi connectivity index (χ2n) is 7.75. The summed E-state index contributed by atoms with van der Waals surface area (Å²) in [5.74, 6) is -0.00717. The van der Waals surface area contributed by atoms with Crippen LogP contribution in [0.3, 0.4) is 0 Å². The normalized spacial score (nSPS) is 16.6. The van der Waals surface area contributed by atoms with Crippen molar-refractivity contribution in [1.82, 2.24) is 14.8 Å². The molecule has 1 N–H and O–H groups in total. The molecule has 154 valence electrons. The molecule has 0 bridgehead atoms. The molecule has 0 spiro atoms. The Morgan fingerprint density at radius 2 is 1.87 bits per heavy atom. The van der Waals surface area contributed by atoms with E-state index in [-0.39, 0.29) is 30.2 Å². The molecule has 0 atom stereocenters. The summed E-state index contributed by atoms with van der Waals surface area (Å²) in [6.45, 7) is 6.87. The van der Waals surface area contributed by atoms with Gasteiger partial charge in [-0.3, -0.25) is 19.3 Å². The highest BCUT2D eigenvalue weighted by Gasteiger charge is 2.34. The number of carbonyl (C=O) groups is 3. The highest BCUT2D eigenvalue weighted by molar-refractivity contribution is 6.10. The van der Waals surface area contributed by atoms with Gasteiger partial charge in [0.2, 0.25) is 11.8 Å². The number of piperidine rings is 1. The lowest BCUT2D eigenvalue weighted by molar-refractivity contribution is -0.134. The number of anilines is 1. The van der Waals surface area contributed by atoms with Gasteiger partial charge in [0.1, 0.15) is 12.4 Å². The van der Waals surface area contributed by atoms with Gasteiger partial charge >= 0.3 is 0 Å². The van der Waals surface area contributed by atoms with Crippen LogP contribution in [0.2, 0.25) is 0 Å². The van der Waals surface area contributed by atoms with Gasteiger partial charge in [-0.25, -0.2) is 4.98 Å². The average molecular weight is 404 g/mol. The molecule has 1 aromatic heterocycles. The first kappa shape index (κ1) is 19.8. The van der Waals surface area contributed by atoms with E-state index in [9.17, 15) is 14.4 Å². The summed E-state index contributed by atoms with van der Waals surface area (Å²) in [6.07, 6.45) is 2.83. The van der Waals surface area contributed by atoms with Crippen molar-refractivity contribution in [2.45, 2.75) is 19.8 Å². The number of pyridine rings is 1. The molecule has 2 aliphatic rings. The van der Waals surface area contributed by atoms with Gasteiger partial charge < -0.3 is 10.2 Å². The standard InChI is InChI=1S/C23H24N4O3/c1-15-7-10-24-20(13-15)25-22(29)17-8-11-26(12-9-17)21(28)14-27-16(2)18-5-3-4-6-19(18)23(27)30/h3-7,10,13,17H,2,8-9,11-12,14H2,1H3,(H,24,25,29). The van der Waals surface area contributed by atoms with Gasteiger partial charge in [0, 0.05) is 42.0 Å². The van der Waals surface area contributed by atoms with Gasteiger partial charge in [0.15, 0.2) is 0 Å². The van der Waals surface area contributed by atoms with E-state index >= 15 is 0 Å². The third kappa shape index (κ3) is 3.83. The number of rotatable bonds is 4. The van der Waals surface area contributed by atoms with Crippen LogP contribution in [0.15, 0.2) is 49.2 Å². The average Bonchev–Trinajstić information content (AvgIpc) is 2.99. The molecule has 2 aliphatic heterocycles. The lowest BCUT2D eigenvalue weighted by Gasteiger charge is -2.32. The molecule has 0 saturated carbocycles. The maximum atomic E-state index is 12.8. The van der Waals surface area contributed by atoms with E-state index in [4.69, 9.17) is 0 Å². The Labute approximate surface area is 175 Å². The van der Waals surface area contributed by atoms with E-state index < -0.39 is 0 Å². The third-order valence-corrected chi connectivity index (χ3v) is 5.72. The zero-order valence-corrected chi connectivity index (χ0v) is 16.9. The highest BCUT2D eigenvalue weighted by Crippen LogP contribution is 2.31. The molecule has 7 nitrogen and oxygen atoms in total. The fourth-order valence-corrected chi connectivity index (χ4v) is 3.96. The second kappa shape index (κ2) is 8.10. The monoisotopic (exact) mass is 404 g/mol. The summed E-state index contributed by atoms with van der Waals surface area (Å²) >= 11 is 0. The number of carbonyl (C=O) groups excluding carboxylic acids is 3. The quantitative estimate of drug-likeness (QED) is 0.849. The Morgan fingerprint density at radius 1 is 1.17 bits per heavy atom. The Kier molecular flexibility index (Phi) is 5.35. The van der Waals surface area contributed by atoms with Gasteiger partial charge in [-0.1, -0.05) is 24.8 Å². The number of aryl methyl sites for hydroxylation is 1. The molecular weight excluding hydrogens is 380 g/mol. The minimum absolute atomic E-state index is 0.0313. The summed E-state index contributed by atoms with van der Waals surface area (Å²) in [5.41, 5.74) is 2.94. The van der Waals surface area contributed by atoms with Crippen LogP contribution < -0.4 is 5.32 Å². The van der Waals surface area contributed by atoms with Crippen LogP contribution in [0.25, 0.3) is 5.70 Å². The number of benzene rings is 1. The summed E-state index contributed by atoms with van der Waals surface area (Å²) < 4.78 is 0. The Bertz CT molecular complexity index is 990. The van der Waals surface area contributed by atoms with Crippen LogP contribution in [0.1, 0.15) is 34.3 Å². The zero-order chi connectivity index (χ0) is 21.3. The summed E-state index contributed by atoms with van der Waals surface area (Å²) in [6, 6.07) is 10.9.